The third kappa shape index (κ3) is 4.94. The number of nitrogens with zero attached hydrogens (tertiary/aromatic N) is 2. The lowest BCUT2D eigenvalue weighted by atomic mass is 9.56. The van der Waals surface area contributed by atoms with Crippen molar-refractivity contribution in [3.63, 3.8) is 0 Å². The third-order valence-electron chi connectivity index (χ3n) is 10.5. The lowest BCUT2D eigenvalue weighted by molar-refractivity contribution is -0.129. The van der Waals surface area contributed by atoms with E-state index in [4.69, 9.17) is 11.6 Å². The summed E-state index contributed by atoms with van der Waals surface area (Å²) < 4.78 is 1.82. The first kappa shape index (κ1) is 25.3. The summed E-state index contributed by atoms with van der Waals surface area (Å²) >= 11 is 6.14. The summed E-state index contributed by atoms with van der Waals surface area (Å²) in [6, 6.07) is 5.69. The summed E-state index contributed by atoms with van der Waals surface area (Å²) in [6.07, 6.45) is 12.0. The number of benzene rings is 1. The quantitative estimate of drug-likeness (QED) is 0.454. The summed E-state index contributed by atoms with van der Waals surface area (Å²) in [4.78, 5) is 13.6. The third-order valence-corrected chi connectivity index (χ3v) is 10.8. The average molecular weight is 499 g/mol. The number of rotatable bonds is 6. The Morgan fingerprint density at radius 3 is 2.69 bits per heavy atom. The Morgan fingerprint density at radius 1 is 1.11 bits per heavy atom. The second kappa shape index (κ2) is 9.49. The summed E-state index contributed by atoms with van der Waals surface area (Å²) in [5, 5.41) is 17.0. The Labute approximate surface area is 215 Å². The van der Waals surface area contributed by atoms with Crippen LogP contribution in [-0.4, -0.2) is 26.3 Å². The SMILES string of the molecule is C[C@@H]1CC[C@@](C)(O)C[C@H]1CC[C@@H]1[C@@H](C)CC[C@]2(C)[C@@H](C(=O)Cn3cc4cc(Cl)ccc4n3)CC[C@@H]12. The molecule has 0 unspecified atom stereocenters. The first-order chi connectivity index (χ1) is 16.6. The van der Waals surface area contributed by atoms with Crippen LogP contribution in [0.4, 0.5) is 0 Å². The maximum atomic E-state index is 13.6. The number of ketones is 1. The number of hydrogen-bond donors (Lipinski definition) is 1. The topological polar surface area (TPSA) is 55.1 Å². The molecular weight excluding hydrogens is 456 g/mol. The average Bonchev–Trinajstić information content (AvgIpc) is 3.35. The molecule has 1 aromatic heterocycles. The fourth-order valence-electron chi connectivity index (χ4n) is 8.32. The van der Waals surface area contributed by atoms with E-state index in [2.05, 4.69) is 25.9 Å². The van der Waals surface area contributed by atoms with Gasteiger partial charge in [-0.2, -0.15) is 5.10 Å². The van der Waals surface area contributed by atoms with Gasteiger partial charge in [-0.15, -0.1) is 0 Å². The van der Waals surface area contributed by atoms with Gasteiger partial charge >= 0.3 is 0 Å². The monoisotopic (exact) mass is 498 g/mol. The van der Waals surface area contributed by atoms with Gasteiger partial charge in [0, 0.05) is 22.5 Å². The second-order valence-corrected chi connectivity index (χ2v) is 13.4. The van der Waals surface area contributed by atoms with Crippen LogP contribution in [0.5, 0.6) is 0 Å². The molecule has 8 atom stereocenters. The van der Waals surface area contributed by atoms with Crippen LogP contribution in [0.1, 0.15) is 85.5 Å². The number of Topliss-reactive ketones (excluding diaryl/α,β-unsaturated/α-hetero) is 1. The van der Waals surface area contributed by atoms with Crippen molar-refractivity contribution < 1.29 is 9.90 Å². The maximum Gasteiger partial charge on any atom is 0.157 e. The maximum absolute atomic E-state index is 13.6. The Kier molecular flexibility index (Phi) is 6.85. The Bertz CT molecular complexity index is 1080. The van der Waals surface area contributed by atoms with Crippen LogP contribution in [0.2, 0.25) is 5.02 Å². The molecule has 5 heteroatoms. The predicted molar refractivity (Wildman–Crippen MR) is 142 cm³/mol. The summed E-state index contributed by atoms with van der Waals surface area (Å²) in [6.45, 7) is 9.62. The molecule has 3 saturated carbocycles. The van der Waals surface area contributed by atoms with Gasteiger partial charge in [0.2, 0.25) is 0 Å². The van der Waals surface area contributed by atoms with Gasteiger partial charge in [0.1, 0.15) is 0 Å². The highest BCUT2D eigenvalue weighted by molar-refractivity contribution is 6.31. The molecule has 1 aromatic carbocycles. The van der Waals surface area contributed by atoms with Crippen LogP contribution in [0.15, 0.2) is 24.4 Å². The van der Waals surface area contributed by atoms with Gasteiger partial charge in [0.05, 0.1) is 17.7 Å². The van der Waals surface area contributed by atoms with Gasteiger partial charge in [-0.3, -0.25) is 9.48 Å². The first-order valence-electron chi connectivity index (χ1n) is 13.9. The van der Waals surface area contributed by atoms with Crippen LogP contribution in [0.3, 0.4) is 0 Å². The number of aliphatic hydroxyl groups is 1. The van der Waals surface area contributed by atoms with E-state index in [1.807, 2.05) is 36.0 Å². The second-order valence-electron chi connectivity index (χ2n) is 13.0. The lowest BCUT2D eigenvalue weighted by Gasteiger charge is -2.48. The van der Waals surface area contributed by atoms with Gasteiger partial charge in [-0.25, -0.2) is 0 Å². The minimum absolute atomic E-state index is 0.105. The largest absolute Gasteiger partial charge is 0.390 e. The van der Waals surface area contributed by atoms with E-state index >= 15 is 0 Å². The summed E-state index contributed by atoms with van der Waals surface area (Å²) in [7, 11) is 0. The number of halogens is 1. The van der Waals surface area contributed by atoms with E-state index in [1.54, 1.807) is 0 Å². The molecular formula is C30H43ClN2O2. The lowest BCUT2D eigenvalue weighted by Crippen LogP contribution is -2.43. The number of aromatic nitrogens is 2. The van der Waals surface area contributed by atoms with Crippen LogP contribution in [-0.2, 0) is 11.3 Å². The van der Waals surface area contributed by atoms with Crippen molar-refractivity contribution in [1.29, 1.82) is 0 Å². The van der Waals surface area contributed by atoms with Crippen molar-refractivity contribution >= 4 is 28.3 Å². The molecule has 1 N–H and O–H groups in total. The molecule has 2 aromatic rings. The zero-order valence-corrected chi connectivity index (χ0v) is 22.7. The molecule has 0 saturated heterocycles. The molecule has 3 fully saturated rings. The van der Waals surface area contributed by atoms with Crippen molar-refractivity contribution in [3.8, 4) is 0 Å². The van der Waals surface area contributed by atoms with Crippen molar-refractivity contribution in [2.24, 2.45) is 40.9 Å². The van der Waals surface area contributed by atoms with Crippen LogP contribution in [0, 0.1) is 40.9 Å². The van der Waals surface area contributed by atoms with E-state index < -0.39 is 5.60 Å². The Hall–Kier alpha value is -1.39. The molecule has 0 spiro atoms. The van der Waals surface area contributed by atoms with Crippen LogP contribution >= 0.6 is 11.6 Å². The number of hydrogen-bond acceptors (Lipinski definition) is 3. The Morgan fingerprint density at radius 2 is 1.89 bits per heavy atom. The standard InChI is InChI=1S/C30H43ClN2O2/c1-19-11-13-29(3,35)16-21(19)5-7-24-20(2)12-14-30(4)25(24)8-9-26(30)28(34)18-33-17-22-15-23(31)6-10-27(22)32-33/h6,10,15,17,19-21,24-26,35H,5,7-9,11-14,16,18H2,1-4H3/t19-,20+,21-,24-,25+,26-,29-,30+/m1/s1. The number of fused-ring (bicyclic) bond motifs is 2. The van der Waals surface area contributed by atoms with Crippen molar-refractivity contribution in [1.82, 2.24) is 9.78 Å². The molecule has 1 heterocycles. The molecule has 3 aliphatic carbocycles. The van der Waals surface area contributed by atoms with Gasteiger partial charge in [-0.05, 0) is 118 Å². The number of carbonyl (C=O) groups is 1. The zero-order chi connectivity index (χ0) is 25.0. The summed E-state index contributed by atoms with van der Waals surface area (Å²) in [5.74, 6) is 3.86. The highest BCUT2D eigenvalue weighted by Gasteiger charge is 2.54. The van der Waals surface area contributed by atoms with Crippen LogP contribution < -0.4 is 0 Å². The number of carbonyl (C=O) groups excluding carboxylic acids is 1. The van der Waals surface area contributed by atoms with E-state index in [0.29, 0.717) is 41.0 Å². The van der Waals surface area contributed by atoms with Crippen LogP contribution in [0.25, 0.3) is 10.9 Å². The minimum atomic E-state index is -0.489. The molecule has 3 aliphatic rings. The highest BCUT2D eigenvalue weighted by atomic mass is 35.5. The van der Waals surface area contributed by atoms with Gasteiger partial charge in [-0.1, -0.05) is 32.4 Å². The molecule has 0 amide bonds. The summed E-state index contributed by atoms with van der Waals surface area (Å²) in [5.41, 5.74) is 0.505. The van der Waals surface area contributed by atoms with Crippen molar-refractivity contribution in [2.75, 3.05) is 0 Å². The minimum Gasteiger partial charge on any atom is -0.390 e. The molecule has 0 aliphatic heterocycles. The normalized spacial score (nSPS) is 39.6. The Balaban J connectivity index is 1.27. The predicted octanol–water partition coefficient (Wildman–Crippen LogP) is 7.30. The van der Waals surface area contributed by atoms with E-state index in [-0.39, 0.29) is 11.3 Å². The molecule has 192 valence electrons. The molecule has 4 nitrogen and oxygen atoms in total. The van der Waals surface area contributed by atoms with Gasteiger partial charge in [0.25, 0.3) is 0 Å². The molecule has 35 heavy (non-hydrogen) atoms. The first-order valence-corrected chi connectivity index (χ1v) is 14.3. The molecule has 0 radical (unpaired) electrons. The zero-order valence-electron chi connectivity index (χ0n) is 22.0. The van der Waals surface area contributed by atoms with Crippen molar-refractivity contribution in [3.05, 3.63) is 29.4 Å². The van der Waals surface area contributed by atoms with E-state index in [0.717, 1.165) is 48.9 Å². The van der Waals surface area contributed by atoms with E-state index in [9.17, 15) is 9.90 Å². The van der Waals surface area contributed by atoms with Gasteiger partial charge < -0.3 is 5.11 Å². The molecule has 5 rings (SSSR count). The smallest absolute Gasteiger partial charge is 0.157 e. The fraction of sp³-hybridized carbons (Fsp3) is 0.733. The van der Waals surface area contributed by atoms with Crippen molar-refractivity contribution in [2.45, 2.75) is 97.6 Å². The molecule has 0 bridgehead atoms. The van der Waals surface area contributed by atoms with E-state index in [1.165, 1.54) is 25.7 Å². The van der Waals surface area contributed by atoms with Gasteiger partial charge in [0.15, 0.2) is 5.78 Å². The highest BCUT2D eigenvalue weighted by Crippen LogP contribution is 2.60. The fourth-order valence-corrected chi connectivity index (χ4v) is 8.51.